The molecule has 4 heteroatoms. The third-order valence-electron chi connectivity index (χ3n) is 2.10. The quantitative estimate of drug-likeness (QED) is 0.571. The van der Waals surface area contributed by atoms with Crippen molar-refractivity contribution in [3.05, 3.63) is 59.7 Å². The van der Waals surface area contributed by atoms with Gasteiger partial charge in [-0.2, -0.15) is 0 Å². The number of aromatic nitrogens is 2. The Morgan fingerprint density at radius 1 is 1.12 bits per heavy atom. The second kappa shape index (κ2) is 4.44. The normalized spacial score (nSPS) is 9.75. The van der Waals surface area contributed by atoms with E-state index in [4.69, 9.17) is 0 Å². The predicted molar refractivity (Wildman–Crippen MR) is 57.3 cm³/mol. The average Bonchev–Trinajstić information content (AvgIpc) is 2.39. The maximum Gasteiger partial charge on any atom is 0.211 e. The highest BCUT2D eigenvalue weighted by molar-refractivity contribution is 6.08. The predicted octanol–water partition coefficient (Wildman–Crippen LogP) is 1.52. The SMILES string of the molecule is O=Cc1ccnc(C(=O)c2ccncc2)c1. The fourth-order valence-corrected chi connectivity index (χ4v) is 1.30. The Kier molecular flexibility index (Phi) is 2.82. The first kappa shape index (κ1) is 10.2. The van der Waals surface area contributed by atoms with Crippen molar-refractivity contribution in [3.63, 3.8) is 0 Å². The molecule has 0 aromatic carbocycles. The molecule has 78 valence electrons. The van der Waals surface area contributed by atoms with Crippen molar-refractivity contribution in [2.45, 2.75) is 0 Å². The first-order valence-electron chi connectivity index (χ1n) is 4.67. The van der Waals surface area contributed by atoms with Gasteiger partial charge in [-0.3, -0.25) is 19.6 Å². The summed E-state index contributed by atoms with van der Waals surface area (Å²) in [7, 11) is 0. The van der Waals surface area contributed by atoms with E-state index in [0.717, 1.165) is 0 Å². The van der Waals surface area contributed by atoms with E-state index in [2.05, 4.69) is 9.97 Å². The summed E-state index contributed by atoms with van der Waals surface area (Å²) in [5.74, 6) is -0.217. The first-order chi connectivity index (χ1) is 7.81. The zero-order valence-electron chi connectivity index (χ0n) is 8.33. The maximum absolute atomic E-state index is 11.9. The average molecular weight is 212 g/mol. The summed E-state index contributed by atoms with van der Waals surface area (Å²) in [6, 6.07) is 6.24. The van der Waals surface area contributed by atoms with Crippen LogP contribution in [0, 0.1) is 0 Å². The monoisotopic (exact) mass is 212 g/mol. The Bertz CT molecular complexity index is 524. The number of hydrogen-bond acceptors (Lipinski definition) is 4. The lowest BCUT2D eigenvalue weighted by molar-refractivity contribution is 0.103. The highest BCUT2D eigenvalue weighted by Gasteiger charge is 2.10. The third kappa shape index (κ3) is 2.00. The molecule has 0 unspecified atom stereocenters. The fourth-order valence-electron chi connectivity index (χ4n) is 1.30. The van der Waals surface area contributed by atoms with Gasteiger partial charge in [0.05, 0.1) is 0 Å². The lowest BCUT2D eigenvalue weighted by Gasteiger charge is -1.99. The van der Waals surface area contributed by atoms with Gasteiger partial charge in [0, 0.05) is 29.7 Å². The van der Waals surface area contributed by atoms with Crippen molar-refractivity contribution >= 4 is 12.1 Å². The van der Waals surface area contributed by atoms with Crippen molar-refractivity contribution in [1.82, 2.24) is 9.97 Å². The summed E-state index contributed by atoms with van der Waals surface area (Å²) in [4.78, 5) is 30.2. The summed E-state index contributed by atoms with van der Waals surface area (Å²) in [5, 5.41) is 0. The molecule has 0 saturated carbocycles. The number of rotatable bonds is 3. The van der Waals surface area contributed by atoms with E-state index in [0.29, 0.717) is 17.4 Å². The van der Waals surface area contributed by atoms with Crippen LogP contribution in [0.3, 0.4) is 0 Å². The second-order valence-corrected chi connectivity index (χ2v) is 3.16. The largest absolute Gasteiger partial charge is 0.298 e. The fraction of sp³-hybridized carbons (Fsp3) is 0. The molecule has 2 aromatic heterocycles. The minimum atomic E-state index is -0.217. The summed E-state index contributed by atoms with van der Waals surface area (Å²) < 4.78 is 0. The van der Waals surface area contributed by atoms with Gasteiger partial charge in [-0.15, -0.1) is 0 Å². The van der Waals surface area contributed by atoms with Gasteiger partial charge in [0.25, 0.3) is 0 Å². The number of aldehydes is 1. The molecular formula is C12H8N2O2. The third-order valence-corrected chi connectivity index (χ3v) is 2.10. The van der Waals surface area contributed by atoms with E-state index in [-0.39, 0.29) is 11.5 Å². The second-order valence-electron chi connectivity index (χ2n) is 3.16. The van der Waals surface area contributed by atoms with Crippen molar-refractivity contribution in [2.24, 2.45) is 0 Å². The molecular weight excluding hydrogens is 204 g/mol. The Labute approximate surface area is 92.0 Å². The number of pyridine rings is 2. The molecule has 0 atom stereocenters. The highest BCUT2D eigenvalue weighted by atomic mass is 16.1. The summed E-state index contributed by atoms with van der Waals surface area (Å²) in [6.45, 7) is 0. The van der Waals surface area contributed by atoms with Gasteiger partial charge in [0.15, 0.2) is 0 Å². The van der Waals surface area contributed by atoms with Crippen LogP contribution in [-0.2, 0) is 0 Å². The Hall–Kier alpha value is -2.36. The summed E-state index contributed by atoms with van der Waals surface area (Å²) in [5.41, 5.74) is 1.20. The van der Waals surface area contributed by atoms with Crippen molar-refractivity contribution < 1.29 is 9.59 Å². The molecule has 2 rings (SSSR count). The van der Waals surface area contributed by atoms with Crippen molar-refractivity contribution in [2.75, 3.05) is 0 Å². The molecule has 0 fully saturated rings. The van der Waals surface area contributed by atoms with Crippen molar-refractivity contribution in [3.8, 4) is 0 Å². The van der Waals surface area contributed by atoms with Gasteiger partial charge in [0.1, 0.15) is 12.0 Å². The Morgan fingerprint density at radius 3 is 2.56 bits per heavy atom. The lowest BCUT2D eigenvalue weighted by Crippen LogP contribution is -2.04. The van der Waals surface area contributed by atoms with Gasteiger partial charge in [-0.1, -0.05) is 0 Å². The molecule has 0 aliphatic heterocycles. The van der Waals surface area contributed by atoms with Crippen LogP contribution in [0.25, 0.3) is 0 Å². The standard InChI is InChI=1S/C12H8N2O2/c15-8-9-1-6-14-11(7-9)12(16)10-2-4-13-5-3-10/h1-8H. The molecule has 0 spiro atoms. The van der Waals surface area contributed by atoms with E-state index in [1.54, 1.807) is 18.2 Å². The molecule has 0 radical (unpaired) electrons. The minimum absolute atomic E-state index is 0.217. The van der Waals surface area contributed by atoms with Gasteiger partial charge >= 0.3 is 0 Å². The van der Waals surface area contributed by atoms with E-state index in [1.165, 1.54) is 24.7 Å². The van der Waals surface area contributed by atoms with Gasteiger partial charge < -0.3 is 0 Å². The van der Waals surface area contributed by atoms with E-state index in [9.17, 15) is 9.59 Å². The molecule has 2 heterocycles. The first-order valence-corrected chi connectivity index (χ1v) is 4.67. The maximum atomic E-state index is 11.9. The highest BCUT2D eigenvalue weighted by Crippen LogP contribution is 2.07. The molecule has 0 amide bonds. The number of nitrogens with zero attached hydrogens (tertiary/aromatic N) is 2. The van der Waals surface area contributed by atoms with Crippen LogP contribution in [0.15, 0.2) is 42.9 Å². The van der Waals surface area contributed by atoms with Gasteiger partial charge in [-0.25, -0.2) is 0 Å². The minimum Gasteiger partial charge on any atom is -0.298 e. The van der Waals surface area contributed by atoms with E-state index < -0.39 is 0 Å². The van der Waals surface area contributed by atoms with Crippen LogP contribution < -0.4 is 0 Å². The van der Waals surface area contributed by atoms with Crippen LogP contribution in [0.1, 0.15) is 26.4 Å². The van der Waals surface area contributed by atoms with Gasteiger partial charge in [0.2, 0.25) is 5.78 Å². The smallest absolute Gasteiger partial charge is 0.211 e. The van der Waals surface area contributed by atoms with Crippen LogP contribution in [0.2, 0.25) is 0 Å². The molecule has 0 bridgehead atoms. The Morgan fingerprint density at radius 2 is 1.88 bits per heavy atom. The lowest BCUT2D eigenvalue weighted by atomic mass is 10.1. The summed E-state index contributed by atoms with van der Waals surface area (Å²) >= 11 is 0. The van der Waals surface area contributed by atoms with Gasteiger partial charge in [-0.05, 0) is 24.3 Å². The topological polar surface area (TPSA) is 59.9 Å². The van der Waals surface area contributed by atoms with Crippen LogP contribution in [0.4, 0.5) is 0 Å². The zero-order valence-corrected chi connectivity index (χ0v) is 8.33. The number of carbonyl (C=O) groups is 2. The molecule has 16 heavy (non-hydrogen) atoms. The summed E-state index contributed by atoms with van der Waals surface area (Å²) in [6.07, 6.45) is 5.21. The van der Waals surface area contributed by atoms with Crippen LogP contribution in [0.5, 0.6) is 0 Å². The number of hydrogen-bond donors (Lipinski definition) is 0. The van der Waals surface area contributed by atoms with E-state index in [1.807, 2.05) is 0 Å². The molecule has 0 saturated heterocycles. The Balaban J connectivity index is 2.38. The molecule has 4 nitrogen and oxygen atoms in total. The van der Waals surface area contributed by atoms with Crippen molar-refractivity contribution in [1.29, 1.82) is 0 Å². The zero-order chi connectivity index (χ0) is 11.4. The molecule has 0 aliphatic carbocycles. The van der Waals surface area contributed by atoms with Crippen LogP contribution in [-0.4, -0.2) is 22.0 Å². The molecule has 0 N–H and O–H groups in total. The molecule has 0 aliphatic rings. The molecule has 2 aromatic rings. The number of carbonyl (C=O) groups excluding carboxylic acids is 2. The van der Waals surface area contributed by atoms with E-state index >= 15 is 0 Å². The number of ketones is 1. The van der Waals surface area contributed by atoms with Crippen LogP contribution >= 0.6 is 0 Å².